The number of rotatable bonds is 5. The number of nitrogens with zero attached hydrogens (tertiary/aromatic N) is 6. The summed E-state index contributed by atoms with van der Waals surface area (Å²) in [6.45, 7) is 2.75. The average molecular weight is 607 g/mol. The largest absolute Gasteiger partial charge is 0.394 e. The van der Waals surface area contributed by atoms with E-state index in [1.54, 1.807) is 19.9 Å². The van der Waals surface area contributed by atoms with Gasteiger partial charge >= 0.3 is 0 Å². The molecule has 15 heteroatoms. The topological polar surface area (TPSA) is 131 Å². The number of halogens is 4. The van der Waals surface area contributed by atoms with E-state index in [2.05, 4.69) is 20.2 Å². The minimum Gasteiger partial charge on any atom is -0.394 e. The van der Waals surface area contributed by atoms with E-state index in [0.29, 0.717) is 21.2 Å². The number of aromatic nitrogens is 6. The van der Waals surface area contributed by atoms with Crippen LogP contribution in [0, 0.1) is 31.3 Å². The van der Waals surface area contributed by atoms with E-state index in [0.717, 1.165) is 0 Å². The first-order valence-electron chi connectivity index (χ1n) is 12.4. The molecular weight excluding hydrogens is 585 g/mol. The van der Waals surface area contributed by atoms with Gasteiger partial charge in [0.1, 0.15) is 41.8 Å². The smallest absolute Gasteiger partial charge is 0.178 e. The number of hydrogen-bond donors (Lipinski definition) is 3. The van der Waals surface area contributed by atoms with Crippen molar-refractivity contribution in [3.63, 3.8) is 0 Å². The van der Waals surface area contributed by atoms with Gasteiger partial charge in [-0.3, -0.25) is 4.68 Å². The molecular formula is C26H22ClF3N6O4S. The fourth-order valence-corrected chi connectivity index (χ4v) is 6.05. The number of hydrogen-bond acceptors (Lipinski definition) is 9. The SMILES string of the molecule is Cc1nc([C@@H]2O[C@H](CO)[C@H](O)[C@H](n3cc(-c4ccc(Cl)c(F)c4F)cn3)[C@H]2O)n(-c2cc(F)c3nc(C)sc3c2)n1. The molecule has 1 aliphatic heterocycles. The predicted molar refractivity (Wildman–Crippen MR) is 142 cm³/mol. The van der Waals surface area contributed by atoms with Gasteiger partial charge in [-0.05, 0) is 32.0 Å². The summed E-state index contributed by atoms with van der Waals surface area (Å²) in [7, 11) is 0. The summed E-state index contributed by atoms with van der Waals surface area (Å²) >= 11 is 6.97. The van der Waals surface area contributed by atoms with Crippen LogP contribution in [0.5, 0.6) is 0 Å². The molecule has 41 heavy (non-hydrogen) atoms. The van der Waals surface area contributed by atoms with Gasteiger partial charge in [-0.2, -0.15) is 10.2 Å². The first-order valence-corrected chi connectivity index (χ1v) is 13.6. The molecule has 0 unspecified atom stereocenters. The Hall–Kier alpha value is -3.40. The maximum Gasteiger partial charge on any atom is 0.178 e. The number of benzene rings is 2. The maximum absolute atomic E-state index is 14.9. The number of fused-ring (bicyclic) bond motifs is 1. The lowest BCUT2D eigenvalue weighted by molar-refractivity contribution is -0.210. The van der Waals surface area contributed by atoms with Crippen LogP contribution in [0.4, 0.5) is 13.2 Å². The van der Waals surface area contributed by atoms with Gasteiger partial charge in [-0.25, -0.2) is 27.8 Å². The van der Waals surface area contributed by atoms with Crippen molar-refractivity contribution in [2.24, 2.45) is 0 Å². The van der Waals surface area contributed by atoms with E-state index in [-0.39, 0.29) is 27.5 Å². The van der Waals surface area contributed by atoms with E-state index in [4.69, 9.17) is 16.3 Å². The van der Waals surface area contributed by atoms with Gasteiger partial charge in [0.25, 0.3) is 0 Å². The maximum atomic E-state index is 14.9. The third kappa shape index (κ3) is 4.70. The van der Waals surface area contributed by atoms with E-state index in [9.17, 15) is 28.5 Å². The summed E-state index contributed by atoms with van der Waals surface area (Å²) in [5.41, 5.74) is 0.549. The standard InChI is InChI=1S/C26H22ClF3N6O4S/c1-10-32-26(36(34-10)13-5-16(28)21-18(6-13)41-11(2)33-21)25-24(39)22(23(38)17(9-37)40-25)35-8-12(7-31-35)14-3-4-15(27)20(30)19(14)29/h3-8,17,22-25,37-39H,9H2,1-2H3/t17-,22+,23+,24-,25-/m1/s1. The molecule has 0 bridgehead atoms. The normalized spacial score (nSPS) is 23.0. The number of aliphatic hydroxyl groups is 3. The van der Waals surface area contributed by atoms with Crippen LogP contribution < -0.4 is 0 Å². The van der Waals surface area contributed by atoms with E-state index < -0.39 is 54.5 Å². The van der Waals surface area contributed by atoms with Gasteiger partial charge in [-0.1, -0.05) is 11.6 Å². The first kappa shape index (κ1) is 27.8. The van der Waals surface area contributed by atoms with Crippen LogP contribution in [0.15, 0.2) is 36.7 Å². The highest BCUT2D eigenvalue weighted by molar-refractivity contribution is 7.18. The lowest BCUT2D eigenvalue weighted by Gasteiger charge is -2.41. The second-order valence-corrected chi connectivity index (χ2v) is 11.3. The first-order chi connectivity index (χ1) is 19.6. The lowest BCUT2D eigenvalue weighted by atomic mass is 9.92. The fourth-order valence-electron chi connectivity index (χ4n) is 5.03. The van der Waals surface area contributed by atoms with Crippen molar-refractivity contribution in [3.05, 3.63) is 75.8 Å². The second kappa shape index (κ2) is 10.5. The van der Waals surface area contributed by atoms with Gasteiger partial charge < -0.3 is 20.1 Å². The van der Waals surface area contributed by atoms with E-state index in [1.165, 1.54) is 51.3 Å². The molecule has 6 rings (SSSR count). The third-order valence-electron chi connectivity index (χ3n) is 6.92. The molecule has 3 N–H and O–H groups in total. The number of ether oxygens (including phenoxy) is 1. The Labute approximate surface area is 239 Å². The van der Waals surface area contributed by atoms with E-state index in [1.807, 2.05) is 0 Å². The quantitative estimate of drug-likeness (QED) is 0.257. The highest BCUT2D eigenvalue weighted by Crippen LogP contribution is 2.39. The summed E-state index contributed by atoms with van der Waals surface area (Å²) in [5, 5.41) is 41.4. The molecule has 0 radical (unpaired) electrons. The predicted octanol–water partition coefficient (Wildman–Crippen LogP) is 3.82. The summed E-state index contributed by atoms with van der Waals surface area (Å²) in [6.07, 6.45) is -2.87. The number of aliphatic hydroxyl groups excluding tert-OH is 3. The molecule has 214 valence electrons. The molecule has 0 spiro atoms. The Morgan fingerprint density at radius 1 is 1.07 bits per heavy atom. The molecule has 4 heterocycles. The van der Waals surface area contributed by atoms with Crippen molar-refractivity contribution in [1.29, 1.82) is 0 Å². The molecule has 1 aliphatic rings. The molecule has 5 atom stereocenters. The van der Waals surface area contributed by atoms with Crippen molar-refractivity contribution >= 4 is 33.2 Å². The van der Waals surface area contributed by atoms with Gasteiger partial charge in [-0.15, -0.1) is 11.3 Å². The zero-order chi connectivity index (χ0) is 29.2. The fraction of sp³-hybridized carbons (Fsp3) is 0.308. The zero-order valence-electron chi connectivity index (χ0n) is 21.4. The molecule has 1 fully saturated rings. The zero-order valence-corrected chi connectivity index (χ0v) is 23.0. The molecule has 3 aromatic heterocycles. The summed E-state index contributed by atoms with van der Waals surface area (Å²) in [4.78, 5) is 8.62. The Morgan fingerprint density at radius 2 is 1.85 bits per heavy atom. The van der Waals surface area contributed by atoms with Crippen LogP contribution in [0.25, 0.3) is 27.0 Å². The number of aryl methyl sites for hydroxylation is 2. The molecule has 1 saturated heterocycles. The Morgan fingerprint density at radius 3 is 2.61 bits per heavy atom. The average Bonchev–Trinajstić information content (AvgIpc) is 3.66. The molecule has 0 saturated carbocycles. The summed E-state index contributed by atoms with van der Waals surface area (Å²) in [6, 6.07) is 4.19. The van der Waals surface area contributed by atoms with Gasteiger partial charge in [0.15, 0.2) is 23.3 Å². The Bertz CT molecular complexity index is 1780. The van der Waals surface area contributed by atoms with Gasteiger partial charge in [0.2, 0.25) is 0 Å². The van der Waals surface area contributed by atoms with Gasteiger partial charge in [0.05, 0.1) is 33.2 Å². The van der Waals surface area contributed by atoms with Crippen molar-refractivity contribution < 1.29 is 33.2 Å². The summed E-state index contributed by atoms with van der Waals surface area (Å²) < 4.78 is 52.6. The summed E-state index contributed by atoms with van der Waals surface area (Å²) in [5.74, 6) is -2.59. The van der Waals surface area contributed by atoms with Crippen LogP contribution in [0.2, 0.25) is 5.02 Å². The third-order valence-corrected chi connectivity index (χ3v) is 8.13. The van der Waals surface area contributed by atoms with E-state index >= 15 is 0 Å². The van der Waals surface area contributed by atoms with Crippen LogP contribution >= 0.6 is 22.9 Å². The van der Waals surface area contributed by atoms with Crippen molar-refractivity contribution in [1.82, 2.24) is 29.5 Å². The molecule has 10 nitrogen and oxygen atoms in total. The minimum atomic E-state index is -1.52. The van der Waals surface area contributed by atoms with Crippen molar-refractivity contribution in [3.8, 4) is 16.8 Å². The molecule has 0 aliphatic carbocycles. The van der Waals surface area contributed by atoms with Crippen LogP contribution in [-0.2, 0) is 4.74 Å². The molecule has 0 amide bonds. The highest BCUT2D eigenvalue weighted by Gasteiger charge is 2.48. The van der Waals surface area contributed by atoms with Crippen LogP contribution in [0.1, 0.15) is 28.8 Å². The Balaban J connectivity index is 1.41. The van der Waals surface area contributed by atoms with Crippen molar-refractivity contribution in [2.45, 2.75) is 44.3 Å². The number of thiazole rings is 1. The van der Waals surface area contributed by atoms with Crippen LogP contribution in [0.3, 0.4) is 0 Å². The second-order valence-electron chi connectivity index (χ2n) is 9.62. The van der Waals surface area contributed by atoms with Crippen molar-refractivity contribution in [2.75, 3.05) is 6.61 Å². The highest BCUT2D eigenvalue weighted by atomic mass is 35.5. The monoisotopic (exact) mass is 606 g/mol. The van der Waals surface area contributed by atoms with Crippen LogP contribution in [-0.4, -0.2) is 69.8 Å². The molecule has 2 aromatic carbocycles. The Kier molecular flexibility index (Phi) is 7.08. The molecule has 5 aromatic rings. The minimum absolute atomic E-state index is 0.0866. The van der Waals surface area contributed by atoms with Gasteiger partial charge in [0, 0.05) is 23.4 Å². The lowest BCUT2D eigenvalue weighted by Crippen LogP contribution is -2.53.